The average Bonchev–Trinajstić information content (AvgIpc) is 2.64. The second kappa shape index (κ2) is 4.80. The molecule has 16 heavy (non-hydrogen) atoms. The number of nitrogens with zero attached hydrogens (tertiary/aromatic N) is 1. The Hall–Kier alpha value is -1.13. The second-order valence-corrected chi connectivity index (χ2v) is 5.56. The lowest BCUT2D eigenvalue weighted by atomic mass is 10.1. The van der Waals surface area contributed by atoms with Crippen molar-refractivity contribution >= 4 is 28.9 Å². The van der Waals surface area contributed by atoms with Gasteiger partial charge in [0.25, 0.3) is 0 Å². The number of hydrogen-bond donors (Lipinski definition) is 0. The Morgan fingerprint density at radius 3 is 2.75 bits per heavy atom. The third-order valence-corrected chi connectivity index (χ3v) is 4.19. The van der Waals surface area contributed by atoms with Gasteiger partial charge in [-0.1, -0.05) is 30.0 Å². The Labute approximate surface area is 103 Å². The number of benzene rings is 1. The molecule has 0 aliphatic heterocycles. The fourth-order valence-electron chi connectivity index (χ4n) is 1.32. The van der Waals surface area contributed by atoms with Crippen LogP contribution in [-0.4, -0.2) is 10.8 Å². The monoisotopic (exact) mass is 249 g/mol. The molecule has 2 nitrogen and oxygen atoms in total. The van der Waals surface area contributed by atoms with Crippen molar-refractivity contribution in [3.05, 3.63) is 40.9 Å². The molecule has 0 spiro atoms. The van der Waals surface area contributed by atoms with Gasteiger partial charge in [0.1, 0.15) is 0 Å². The van der Waals surface area contributed by atoms with Crippen LogP contribution >= 0.6 is 23.1 Å². The minimum atomic E-state index is 0.0939. The van der Waals surface area contributed by atoms with Gasteiger partial charge >= 0.3 is 0 Å². The van der Waals surface area contributed by atoms with E-state index in [0.29, 0.717) is 0 Å². The first-order valence-electron chi connectivity index (χ1n) is 4.87. The molecule has 0 saturated heterocycles. The highest BCUT2D eigenvalue weighted by molar-refractivity contribution is 8.01. The maximum atomic E-state index is 11.4. The minimum Gasteiger partial charge on any atom is -0.294 e. The molecular formula is C12H11NOS2. The zero-order valence-electron chi connectivity index (χ0n) is 9.06. The average molecular weight is 249 g/mol. The highest BCUT2D eigenvalue weighted by atomic mass is 32.2. The standard InChI is InChI=1S/C12H11NOS2/c1-8-7-15-12(13-8)16-11-6-4-3-5-10(11)9(2)14/h3-7H,1-2H3. The van der Waals surface area contributed by atoms with Gasteiger partial charge in [0.2, 0.25) is 0 Å². The Bertz CT molecular complexity index is 519. The molecule has 0 fully saturated rings. The van der Waals surface area contributed by atoms with Gasteiger partial charge in [-0.2, -0.15) is 0 Å². The van der Waals surface area contributed by atoms with E-state index in [0.717, 1.165) is 20.5 Å². The van der Waals surface area contributed by atoms with Crippen molar-refractivity contribution in [3.63, 3.8) is 0 Å². The summed E-state index contributed by atoms with van der Waals surface area (Å²) in [5, 5.41) is 2.01. The van der Waals surface area contributed by atoms with Crippen LogP contribution in [-0.2, 0) is 0 Å². The van der Waals surface area contributed by atoms with Gasteiger partial charge in [-0.15, -0.1) is 11.3 Å². The van der Waals surface area contributed by atoms with Gasteiger partial charge in [-0.3, -0.25) is 4.79 Å². The number of aromatic nitrogens is 1. The molecule has 0 amide bonds. The van der Waals surface area contributed by atoms with E-state index >= 15 is 0 Å². The summed E-state index contributed by atoms with van der Waals surface area (Å²) in [5.41, 5.74) is 1.79. The lowest BCUT2D eigenvalue weighted by molar-refractivity contribution is 0.101. The van der Waals surface area contributed by atoms with E-state index in [1.165, 1.54) is 0 Å². The van der Waals surface area contributed by atoms with E-state index in [1.54, 1.807) is 30.0 Å². The van der Waals surface area contributed by atoms with Gasteiger partial charge < -0.3 is 0 Å². The number of rotatable bonds is 3. The largest absolute Gasteiger partial charge is 0.294 e. The first kappa shape index (κ1) is 11.4. The lowest BCUT2D eigenvalue weighted by Crippen LogP contribution is -1.93. The van der Waals surface area contributed by atoms with Gasteiger partial charge in [0.05, 0.1) is 0 Å². The number of ketones is 1. The first-order chi connectivity index (χ1) is 7.66. The van der Waals surface area contributed by atoms with Crippen LogP contribution < -0.4 is 0 Å². The SMILES string of the molecule is CC(=O)c1ccccc1Sc1nc(C)cs1. The molecule has 0 aliphatic rings. The predicted octanol–water partition coefficient (Wildman–Crippen LogP) is 3.81. The summed E-state index contributed by atoms with van der Waals surface area (Å²) in [5.74, 6) is 0.0939. The highest BCUT2D eigenvalue weighted by Gasteiger charge is 2.09. The zero-order valence-corrected chi connectivity index (χ0v) is 10.7. The van der Waals surface area contributed by atoms with Crippen molar-refractivity contribution in [2.45, 2.75) is 23.1 Å². The third-order valence-electron chi connectivity index (χ3n) is 2.06. The van der Waals surface area contributed by atoms with E-state index in [-0.39, 0.29) is 5.78 Å². The van der Waals surface area contributed by atoms with Crippen molar-refractivity contribution in [2.75, 3.05) is 0 Å². The van der Waals surface area contributed by atoms with E-state index in [4.69, 9.17) is 0 Å². The lowest BCUT2D eigenvalue weighted by Gasteiger charge is -2.03. The van der Waals surface area contributed by atoms with Crippen molar-refractivity contribution in [1.82, 2.24) is 4.98 Å². The number of thiazole rings is 1. The molecule has 0 saturated carbocycles. The Balaban J connectivity index is 2.31. The van der Waals surface area contributed by atoms with Crippen LogP contribution in [0.1, 0.15) is 23.0 Å². The molecule has 2 rings (SSSR count). The molecule has 1 heterocycles. The molecule has 0 N–H and O–H groups in total. The van der Waals surface area contributed by atoms with E-state index in [1.807, 2.05) is 36.6 Å². The zero-order chi connectivity index (χ0) is 11.5. The van der Waals surface area contributed by atoms with Crippen LogP contribution in [0.3, 0.4) is 0 Å². The fraction of sp³-hybridized carbons (Fsp3) is 0.167. The van der Waals surface area contributed by atoms with Crippen LogP contribution in [0.4, 0.5) is 0 Å². The van der Waals surface area contributed by atoms with Crippen LogP contribution in [0.25, 0.3) is 0 Å². The molecular weight excluding hydrogens is 238 g/mol. The molecule has 0 atom stereocenters. The maximum absolute atomic E-state index is 11.4. The third kappa shape index (κ3) is 2.51. The molecule has 0 radical (unpaired) electrons. The first-order valence-corrected chi connectivity index (χ1v) is 6.56. The smallest absolute Gasteiger partial charge is 0.160 e. The fourth-order valence-corrected chi connectivity index (χ4v) is 3.29. The molecule has 0 unspecified atom stereocenters. The normalized spacial score (nSPS) is 10.4. The number of carbonyl (C=O) groups excluding carboxylic acids is 1. The number of Topliss-reactive ketones (excluding diaryl/α,β-unsaturated/α-hetero) is 1. The number of hydrogen-bond acceptors (Lipinski definition) is 4. The number of aryl methyl sites for hydroxylation is 1. The number of carbonyl (C=O) groups is 1. The minimum absolute atomic E-state index is 0.0939. The summed E-state index contributed by atoms with van der Waals surface area (Å²) in [4.78, 5) is 16.8. The molecule has 82 valence electrons. The summed E-state index contributed by atoms with van der Waals surface area (Å²) >= 11 is 3.16. The van der Waals surface area contributed by atoms with E-state index in [2.05, 4.69) is 4.98 Å². The Kier molecular flexibility index (Phi) is 3.41. The summed E-state index contributed by atoms with van der Waals surface area (Å²) in [6.45, 7) is 3.56. The second-order valence-electron chi connectivity index (χ2n) is 3.41. The van der Waals surface area contributed by atoms with Crippen molar-refractivity contribution in [3.8, 4) is 0 Å². The van der Waals surface area contributed by atoms with Crippen LogP contribution in [0.5, 0.6) is 0 Å². The van der Waals surface area contributed by atoms with Crippen molar-refractivity contribution in [2.24, 2.45) is 0 Å². The van der Waals surface area contributed by atoms with Crippen molar-refractivity contribution in [1.29, 1.82) is 0 Å². The predicted molar refractivity (Wildman–Crippen MR) is 67.4 cm³/mol. The van der Waals surface area contributed by atoms with Gasteiger partial charge in [0, 0.05) is 21.5 Å². The van der Waals surface area contributed by atoms with Gasteiger partial charge in [-0.05, 0) is 19.9 Å². The van der Waals surface area contributed by atoms with Gasteiger partial charge in [-0.25, -0.2) is 4.98 Å². The Morgan fingerprint density at radius 1 is 1.38 bits per heavy atom. The van der Waals surface area contributed by atoms with Crippen LogP contribution in [0.15, 0.2) is 38.9 Å². The molecule has 4 heteroatoms. The summed E-state index contributed by atoms with van der Waals surface area (Å²) in [6.07, 6.45) is 0. The summed E-state index contributed by atoms with van der Waals surface area (Å²) < 4.78 is 0.978. The highest BCUT2D eigenvalue weighted by Crippen LogP contribution is 2.32. The van der Waals surface area contributed by atoms with Crippen molar-refractivity contribution < 1.29 is 4.79 Å². The van der Waals surface area contributed by atoms with Gasteiger partial charge in [0.15, 0.2) is 10.1 Å². The molecule has 0 bridgehead atoms. The van der Waals surface area contributed by atoms with E-state index in [9.17, 15) is 4.79 Å². The summed E-state index contributed by atoms with van der Waals surface area (Å²) in [7, 11) is 0. The summed E-state index contributed by atoms with van der Waals surface area (Å²) in [6, 6.07) is 7.63. The maximum Gasteiger partial charge on any atom is 0.160 e. The quantitative estimate of drug-likeness (QED) is 0.775. The topological polar surface area (TPSA) is 30.0 Å². The molecule has 1 aromatic heterocycles. The molecule has 2 aromatic rings. The molecule has 1 aromatic carbocycles. The van der Waals surface area contributed by atoms with Crippen LogP contribution in [0.2, 0.25) is 0 Å². The Morgan fingerprint density at radius 2 is 2.12 bits per heavy atom. The molecule has 0 aliphatic carbocycles. The van der Waals surface area contributed by atoms with E-state index < -0.39 is 0 Å². The van der Waals surface area contributed by atoms with Crippen LogP contribution in [0, 0.1) is 6.92 Å².